The Kier molecular flexibility index (Phi) is 4.48. The van der Waals surface area contributed by atoms with Crippen molar-refractivity contribution in [2.45, 2.75) is 24.3 Å². The van der Waals surface area contributed by atoms with Crippen molar-refractivity contribution in [1.82, 2.24) is 4.90 Å². The summed E-state index contributed by atoms with van der Waals surface area (Å²) in [6.45, 7) is 1.93. The monoisotopic (exact) mass is 323 g/mol. The normalized spacial score (nSPS) is 18.7. The third kappa shape index (κ3) is 3.88. The Bertz CT molecular complexity index is 576. The van der Waals surface area contributed by atoms with Crippen molar-refractivity contribution in [3.05, 3.63) is 29.8 Å². The Morgan fingerprint density at radius 2 is 1.67 bits per heavy atom. The number of nitrogens with zero attached hydrogens (tertiary/aromatic N) is 1. The fourth-order valence-corrected chi connectivity index (χ4v) is 2.77. The van der Waals surface area contributed by atoms with Gasteiger partial charge >= 0.3 is 15.6 Å². The van der Waals surface area contributed by atoms with E-state index in [9.17, 15) is 21.6 Å². The van der Waals surface area contributed by atoms with Crippen molar-refractivity contribution in [3.8, 4) is 5.75 Å². The van der Waals surface area contributed by atoms with Gasteiger partial charge in [0.1, 0.15) is 5.75 Å². The van der Waals surface area contributed by atoms with Crippen LogP contribution < -0.4 is 4.18 Å². The highest BCUT2D eigenvalue weighted by molar-refractivity contribution is 7.87. The third-order valence-electron chi connectivity index (χ3n) is 3.56. The average molecular weight is 323 g/mol. The van der Waals surface area contributed by atoms with Crippen LogP contribution in [-0.4, -0.2) is 39.0 Å². The molecule has 4 nitrogen and oxygen atoms in total. The maximum Gasteiger partial charge on any atom is 0.534 e. The zero-order valence-corrected chi connectivity index (χ0v) is 12.2. The minimum absolute atomic E-state index is 0.330. The van der Waals surface area contributed by atoms with Gasteiger partial charge in [-0.15, -0.1) is 0 Å². The number of alkyl halides is 3. The van der Waals surface area contributed by atoms with E-state index in [4.69, 9.17) is 0 Å². The van der Waals surface area contributed by atoms with E-state index in [1.807, 2.05) is 7.05 Å². The summed E-state index contributed by atoms with van der Waals surface area (Å²) >= 11 is 0. The summed E-state index contributed by atoms with van der Waals surface area (Å²) in [5, 5.41) is 0. The van der Waals surface area contributed by atoms with Gasteiger partial charge in [-0.3, -0.25) is 0 Å². The first-order chi connectivity index (χ1) is 9.69. The number of piperidine rings is 1. The molecule has 1 aliphatic heterocycles. The molecule has 0 radical (unpaired) electrons. The number of halogens is 3. The van der Waals surface area contributed by atoms with Crippen LogP contribution in [0.1, 0.15) is 24.3 Å². The summed E-state index contributed by atoms with van der Waals surface area (Å²) in [5.74, 6) is 0.0125. The number of benzene rings is 1. The van der Waals surface area contributed by atoms with Crippen molar-refractivity contribution in [2.24, 2.45) is 0 Å². The number of hydrogen-bond donors (Lipinski definition) is 0. The molecule has 0 unspecified atom stereocenters. The smallest absolute Gasteiger partial charge is 0.376 e. The Morgan fingerprint density at radius 3 is 2.14 bits per heavy atom. The molecule has 0 saturated carbocycles. The molecule has 0 amide bonds. The van der Waals surface area contributed by atoms with Gasteiger partial charge in [0.25, 0.3) is 0 Å². The summed E-state index contributed by atoms with van der Waals surface area (Å²) in [7, 11) is -3.57. The summed E-state index contributed by atoms with van der Waals surface area (Å²) in [6, 6.07) is 5.77. The third-order valence-corrected chi connectivity index (χ3v) is 4.54. The molecule has 1 aromatic carbocycles. The minimum Gasteiger partial charge on any atom is -0.376 e. The SMILES string of the molecule is CN1CCC(c2ccc(OS(=O)(=O)C(F)(F)F)cc2)CC1. The molecular weight excluding hydrogens is 307 g/mol. The topological polar surface area (TPSA) is 46.6 Å². The van der Waals surface area contributed by atoms with Gasteiger partial charge in [0.05, 0.1) is 0 Å². The van der Waals surface area contributed by atoms with Crippen LogP contribution >= 0.6 is 0 Å². The molecule has 0 aliphatic carbocycles. The molecular formula is C13H16F3NO3S. The van der Waals surface area contributed by atoms with Crippen LogP contribution in [-0.2, 0) is 10.1 Å². The Hall–Kier alpha value is -1.28. The van der Waals surface area contributed by atoms with E-state index in [1.165, 1.54) is 12.1 Å². The van der Waals surface area contributed by atoms with Gasteiger partial charge in [0.15, 0.2) is 0 Å². The highest BCUT2D eigenvalue weighted by Gasteiger charge is 2.48. The summed E-state index contributed by atoms with van der Waals surface area (Å²) < 4.78 is 62.5. The van der Waals surface area contributed by atoms with Gasteiger partial charge in [0, 0.05) is 0 Å². The average Bonchev–Trinajstić information content (AvgIpc) is 2.39. The van der Waals surface area contributed by atoms with Crippen LogP contribution in [0, 0.1) is 0 Å². The van der Waals surface area contributed by atoms with Crippen LogP contribution in [0.2, 0.25) is 0 Å². The van der Waals surface area contributed by atoms with Gasteiger partial charge in [-0.2, -0.15) is 21.6 Å². The largest absolute Gasteiger partial charge is 0.534 e. The van der Waals surface area contributed by atoms with E-state index in [0.717, 1.165) is 31.5 Å². The van der Waals surface area contributed by atoms with E-state index in [0.29, 0.717) is 5.92 Å². The molecule has 2 rings (SSSR count). The molecule has 0 N–H and O–H groups in total. The second kappa shape index (κ2) is 5.84. The lowest BCUT2D eigenvalue weighted by Gasteiger charge is -2.29. The van der Waals surface area contributed by atoms with Gasteiger partial charge in [-0.25, -0.2) is 0 Å². The first-order valence-corrected chi connectivity index (χ1v) is 7.89. The van der Waals surface area contributed by atoms with Gasteiger partial charge in [-0.1, -0.05) is 12.1 Å². The van der Waals surface area contributed by atoms with Crippen molar-refractivity contribution in [3.63, 3.8) is 0 Å². The van der Waals surface area contributed by atoms with Gasteiger partial charge in [-0.05, 0) is 56.6 Å². The lowest BCUT2D eigenvalue weighted by Crippen LogP contribution is -2.29. The van der Waals surface area contributed by atoms with Crippen LogP contribution in [0.15, 0.2) is 24.3 Å². The van der Waals surface area contributed by atoms with E-state index in [2.05, 4.69) is 9.08 Å². The fraction of sp³-hybridized carbons (Fsp3) is 0.538. The van der Waals surface area contributed by atoms with Crippen molar-refractivity contribution in [2.75, 3.05) is 20.1 Å². The molecule has 1 aliphatic rings. The molecule has 0 atom stereocenters. The van der Waals surface area contributed by atoms with Crippen molar-refractivity contribution < 1.29 is 25.8 Å². The fourth-order valence-electron chi connectivity index (χ4n) is 2.31. The highest BCUT2D eigenvalue weighted by atomic mass is 32.2. The highest BCUT2D eigenvalue weighted by Crippen LogP contribution is 2.30. The lowest BCUT2D eigenvalue weighted by atomic mass is 9.90. The lowest BCUT2D eigenvalue weighted by molar-refractivity contribution is -0.0500. The Labute approximate surface area is 121 Å². The summed E-state index contributed by atoms with van der Waals surface area (Å²) in [6.07, 6.45) is 1.94. The number of rotatable bonds is 3. The summed E-state index contributed by atoms with van der Waals surface area (Å²) in [4.78, 5) is 2.21. The predicted octanol–water partition coefficient (Wildman–Crippen LogP) is 2.72. The molecule has 0 bridgehead atoms. The van der Waals surface area contributed by atoms with Gasteiger partial charge < -0.3 is 9.08 Å². The van der Waals surface area contributed by atoms with Crippen molar-refractivity contribution >= 4 is 10.1 Å². The van der Waals surface area contributed by atoms with Crippen LogP contribution in [0.4, 0.5) is 13.2 Å². The molecule has 1 aromatic rings. The predicted molar refractivity (Wildman–Crippen MR) is 71.5 cm³/mol. The second-order valence-corrected chi connectivity index (χ2v) is 6.67. The maximum atomic E-state index is 12.2. The molecule has 21 heavy (non-hydrogen) atoms. The van der Waals surface area contributed by atoms with E-state index >= 15 is 0 Å². The molecule has 1 heterocycles. The van der Waals surface area contributed by atoms with Crippen LogP contribution in [0.5, 0.6) is 5.75 Å². The van der Waals surface area contributed by atoms with Crippen LogP contribution in [0.25, 0.3) is 0 Å². The molecule has 8 heteroatoms. The zero-order chi connectivity index (χ0) is 15.7. The maximum absolute atomic E-state index is 12.2. The molecule has 0 spiro atoms. The van der Waals surface area contributed by atoms with E-state index < -0.39 is 15.6 Å². The molecule has 118 valence electrons. The molecule has 0 aromatic heterocycles. The quantitative estimate of drug-likeness (QED) is 0.634. The second-order valence-electron chi connectivity index (χ2n) is 5.13. The first kappa shape index (κ1) is 16.1. The van der Waals surface area contributed by atoms with E-state index in [1.54, 1.807) is 12.1 Å². The molecule has 1 fully saturated rings. The van der Waals surface area contributed by atoms with Crippen LogP contribution in [0.3, 0.4) is 0 Å². The molecule has 1 saturated heterocycles. The summed E-state index contributed by atoms with van der Waals surface area (Å²) in [5.41, 5.74) is -4.43. The number of likely N-dealkylation sites (tertiary alicyclic amines) is 1. The van der Waals surface area contributed by atoms with Crippen molar-refractivity contribution in [1.29, 1.82) is 0 Å². The Balaban J connectivity index is 2.06. The standard InChI is InChI=1S/C13H16F3NO3S/c1-17-8-6-11(7-9-17)10-2-4-12(5-3-10)20-21(18,19)13(14,15)16/h2-5,11H,6-9H2,1H3. The first-order valence-electron chi connectivity index (χ1n) is 6.48. The Morgan fingerprint density at radius 1 is 1.14 bits per heavy atom. The zero-order valence-electron chi connectivity index (χ0n) is 11.4. The number of hydrogen-bond acceptors (Lipinski definition) is 4. The van der Waals surface area contributed by atoms with Gasteiger partial charge in [0.2, 0.25) is 0 Å². The van der Waals surface area contributed by atoms with E-state index in [-0.39, 0.29) is 5.75 Å². The minimum atomic E-state index is -5.60.